The first-order chi connectivity index (χ1) is 12.7. The number of halogens is 2. The van der Waals surface area contributed by atoms with Gasteiger partial charge in [-0.15, -0.1) is 0 Å². The Labute approximate surface area is 193 Å². The zero-order valence-electron chi connectivity index (χ0n) is 17.8. The van der Waals surface area contributed by atoms with Crippen LogP contribution >= 0.6 is 0 Å². The first kappa shape index (κ1) is 27.3. The van der Waals surface area contributed by atoms with Crippen LogP contribution in [0.5, 0.6) is 0 Å². The molecule has 0 spiro atoms. The number of rotatable bonds is 13. The van der Waals surface area contributed by atoms with Gasteiger partial charge in [0, 0.05) is 37.1 Å². The zero-order valence-corrected chi connectivity index (χ0v) is 20.9. The summed E-state index contributed by atoms with van der Waals surface area (Å²) in [6, 6.07) is 8.78. The fraction of sp³-hybridized carbons (Fsp3) is 0.583. The average Bonchev–Trinajstić information content (AvgIpc) is 2.65. The summed E-state index contributed by atoms with van der Waals surface area (Å²) in [5.41, 5.74) is 2.69. The summed E-state index contributed by atoms with van der Waals surface area (Å²) in [7, 11) is 0. The van der Waals surface area contributed by atoms with Crippen LogP contribution in [0.2, 0.25) is 0 Å². The minimum absolute atomic E-state index is 0. The molecule has 158 valence electrons. The molecule has 0 saturated heterocycles. The first-order valence-corrected chi connectivity index (χ1v) is 10.7. The molecular weight excluding hydrogens is 476 g/mol. The van der Waals surface area contributed by atoms with Crippen LogP contribution in [0.3, 0.4) is 0 Å². The summed E-state index contributed by atoms with van der Waals surface area (Å²) in [4.78, 5) is 0. The van der Waals surface area contributed by atoms with Crippen molar-refractivity contribution in [2.24, 2.45) is 0 Å². The van der Waals surface area contributed by atoms with E-state index in [4.69, 9.17) is 0 Å². The average molecular weight is 514 g/mol. The van der Waals surface area contributed by atoms with Gasteiger partial charge in [-0.05, 0) is 37.8 Å². The molecule has 0 amide bonds. The van der Waals surface area contributed by atoms with E-state index in [0.717, 1.165) is 0 Å². The van der Waals surface area contributed by atoms with E-state index in [-0.39, 0.29) is 34.0 Å². The van der Waals surface area contributed by atoms with E-state index < -0.39 is 0 Å². The zero-order chi connectivity index (χ0) is 18.5. The lowest BCUT2D eigenvalue weighted by atomic mass is 10.1. The molecule has 0 unspecified atom stereocenters. The van der Waals surface area contributed by atoms with Gasteiger partial charge in [0.05, 0.1) is 0 Å². The Bertz CT molecular complexity index is 542. The number of hydrogen-bond acceptors (Lipinski definition) is 0. The lowest BCUT2D eigenvalue weighted by Crippen LogP contribution is -3.00. The smallest absolute Gasteiger partial charge is 0.169 e. The molecule has 0 aromatic carbocycles. The summed E-state index contributed by atoms with van der Waals surface area (Å²) in [5.74, 6) is 0. The Morgan fingerprint density at radius 1 is 0.464 bits per heavy atom. The molecule has 0 bridgehead atoms. The first-order valence-electron chi connectivity index (χ1n) is 10.7. The van der Waals surface area contributed by atoms with Crippen molar-refractivity contribution >= 4 is 0 Å². The molecule has 28 heavy (non-hydrogen) atoms. The fourth-order valence-electron chi connectivity index (χ4n) is 3.36. The number of hydrogen-bond donors (Lipinski definition) is 0. The van der Waals surface area contributed by atoms with E-state index in [1.807, 2.05) is 0 Å². The summed E-state index contributed by atoms with van der Waals surface area (Å²) < 4.78 is 4.61. The van der Waals surface area contributed by atoms with Gasteiger partial charge in [-0.3, -0.25) is 0 Å². The van der Waals surface area contributed by atoms with Crippen LogP contribution in [0, 0.1) is 13.8 Å². The van der Waals surface area contributed by atoms with Gasteiger partial charge < -0.3 is 34.0 Å². The molecule has 0 fully saturated rings. The second kappa shape index (κ2) is 17.1. The van der Waals surface area contributed by atoms with Crippen LogP contribution in [0.15, 0.2) is 49.1 Å². The predicted octanol–water partition coefficient (Wildman–Crippen LogP) is -0.512. The van der Waals surface area contributed by atoms with Crippen molar-refractivity contribution in [2.45, 2.75) is 91.1 Å². The normalized spacial score (nSPS) is 10.2. The highest BCUT2D eigenvalue weighted by atomic mass is 79.9. The number of aryl methyl sites for hydroxylation is 4. The maximum atomic E-state index is 2.31. The maximum Gasteiger partial charge on any atom is 0.169 e. The molecule has 2 aromatic rings. The second-order valence-corrected chi connectivity index (χ2v) is 7.76. The molecule has 0 N–H and O–H groups in total. The number of pyridine rings is 2. The van der Waals surface area contributed by atoms with Crippen molar-refractivity contribution in [3.05, 3.63) is 60.2 Å². The third-order valence-electron chi connectivity index (χ3n) is 5.20. The molecule has 2 aromatic heterocycles. The van der Waals surface area contributed by atoms with Gasteiger partial charge in [0.25, 0.3) is 0 Å². The molecule has 2 heterocycles. The molecule has 0 saturated carbocycles. The van der Waals surface area contributed by atoms with Gasteiger partial charge in [0.15, 0.2) is 24.8 Å². The predicted molar refractivity (Wildman–Crippen MR) is 109 cm³/mol. The van der Waals surface area contributed by atoms with E-state index in [0.29, 0.717) is 0 Å². The standard InChI is InChI=1S/C24H38N2.2BrH/c1-23-13-19-25(20-14-23)17-11-9-7-5-3-4-6-8-10-12-18-26-21-15-24(2)16-22-26;;/h13-16,19-22H,3-12,17-18H2,1-2H3;2*1H/q+2;;/p-2. The van der Waals surface area contributed by atoms with Crippen LogP contribution in [-0.4, -0.2) is 0 Å². The summed E-state index contributed by atoms with van der Waals surface area (Å²) >= 11 is 0. The third-order valence-corrected chi connectivity index (χ3v) is 5.20. The SMILES string of the molecule is Cc1cc[n+](CCCCCCCCCCCC[n+]2ccc(C)cc2)cc1.[Br-].[Br-]. The molecule has 0 aliphatic heterocycles. The number of unbranched alkanes of at least 4 members (excludes halogenated alkanes) is 9. The Morgan fingerprint density at radius 3 is 1.00 bits per heavy atom. The summed E-state index contributed by atoms with van der Waals surface area (Å²) in [5, 5.41) is 0. The van der Waals surface area contributed by atoms with Gasteiger partial charge in [-0.25, -0.2) is 9.13 Å². The minimum Gasteiger partial charge on any atom is -1.00 e. The van der Waals surface area contributed by atoms with E-state index in [1.165, 1.54) is 88.4 Å². The largest absolute Gasteiger partial charge is 1.00 e. The van der Waals surface area contributed by atoms with Crippen molar-refractivity contribution < 1.29 is 43.1 Å². The lowest BCUT2D eigenvalue weighted by molar-refractivity contribution is -0.697. The molecule has 2 rings (SSSR count). The van der Waals surface area contributed by atoms with Gasteiger partial charge >= 0.3 is 0 Å². The second-order valence-electron chi connectivity index (χ2n) is 7.76. The summed E-state index contributed by atoms with van der Waals surface area (Å²) in [6.45, 7) is 6.62. The van der Waals surface area contributed by atoms with E-state index in [1.54, 1.807) is 0 Å². The highest BCUT2D eigenvalue weighted by Crippen LogP contribution is 2.10. The molecule has 0 aliphatic rings. The maximum absolute atomic E-state index is 2.31. The molecular formula is C24H38Br2N2. The Morgan fingerprint density at radius 2 is 0.714 bits per heavy atom. The van der Waals surface area contributed by atoms with Crippen molar-refractivity contribution in [2.75, 3.05) is 0 Å². The van der Waals surface area contributed by atoms with Crippen LogP contribution in [0.1, 0.15) is 75.3 Å². The quantitative estimate of drug-likeness (QED) is 0.252. The molecule has 0 radical (unpaired) electrons. The fourth-order valence-corrected chi connectivity index (χ4v) is 3.36. The topological polar surface area (TPSA) is 7.76 Å². The Balaban J connectivity index is 0.00000364. The highest BCUT2D eigenvalue weighted by Gasteiger charge is 2.00. The number of aromatic nitrogens is 2. The Hall–Kier alpha value is -0.740. The molecule has 0 aliphatic carbocycles. The minimum atomic E-state index is 0. The molecule has 2 nitrogen and oxygen atoms in total. The van der Waals surface area contributed by atoms with E-state index in [9.17, 15) is 0 Å². The van der Waals surface area contributed by atoms with Crippen LogP contribution in [0.25, 0.3) is 0 Å². The van der Waals surface area contributed by atoms with Crippen molar-refractivity contribution in [1.82, 2.24) is 0 Å². The third kappa shape index (κ3) is 12.7. The van der Waals surface area contributed by atoms with Crippen molar-refractivity contribution in [1.29, 1.82) is 0 Å². The van der Waals surface area contributed by atoms with Gasteiger partial charge in [0.2, 0.25) is 0 Å². The highest BCUT2D eigenvalue weighted by molar-refractivity contribution is 5.03. The van der Waals surface area contributed by atoms with Crippen molar-refractivity contribution in [3.63, 3.8) is 0 Å². The van der Waals surface area contributed by atoms with Crippen LogP contribution in [0.4, 0.5) is 0 Å². The van der Waals surface area contributed by atoms with Crippen LogP contribution < -0.4 is 43.1 Å². The van der Waals surface area contributed by atoms with Crippen molar-refractivity contribution in [3.8, 4) is 0 Å². The Kier molecular flexibility index (Phi) is 16.7. The van der Waals surface area contributed by atoms with Gasteiger partial charge in [-0.2, -0.15) is 0 Å². The lowest BCUT2D eigenvalue weighted by Gasteiger charge is -2.02. The molecule has 4 heteroatoms. The van der Waals surface area contributed by atoms with Gasteiger partial charge in [0.1, 0.15) is 13.1 Å². The monoisotopic (exact) mass is 512 g/mol. The van der Waals surface area contributed by atoms with E-state index >= 15 is 0 Å². The van der Waals surface area contributed by atoms with Gasteiger partial charge in [-0.1, -0.05) is 38.5 Å². The summed E-state index contributed by atoms with van der Waals surface area (Å²) in [6.07, 6.45) is 22.6. The van der Waals surface area contributed by atoms with Crippen LogP contribution in [-0.2, 0) is 13.1 Å². The van der Waals surface area contributed by atoms with E-state index in [2.05, 4.69) is 72.0 Å². The number of nitrogens with zero attached hydrogens (tertiary/aromatic N) is 2. The molecule has 0 atom stereocenters.